The van der Waals surface area contributed by atoms with Gasteiger partial charge in [-0.2, -0.15) is 13.2 Å². The number of thiophene rings is 1. The van der Waals surface area contributed by atoms with E-state index in [9.17, 15) is 22.8 Å². The number of carbonyl (C=O) groups excluding carboxylic acids is 2. The quantitative estimate of drug-likeness (QED) is 0.318. The van der Waals surface area contributed by atoms with E-state index in [1.54, 1.807) is 0 Å². The lowest BCUT2D eigenvalue weighted by molar-refractivity contribution is -0.137. The Bertz CT molecular complexity index is 1430. The molecule has 1 aliphatic carbocycles. The molecule has 0 bridgehead atoms. The van der Waals surface area contributed by atoms with E-state index < -0.39 is 17.6 Å². The lowest BCUT2D eigenvalue weighted by Crippen LogP contribution is -2.26. The fourth-order valence-electron chi connectivity index (χ4n) is 4.25. The van der Waals surface area contributed by atoms with Crippen molar-refractivity contribution in [2.75, 3.05) is 5.32 Å². The highest BCUT2D eigenvalue weighted by Gasteiger charge is 2.34. The van der Waals surface area contributed by atoms with Crippen LogP contribution in [0.5, 0.6) is 0 Å². The van der Waals surface area contributed by atoms with Crippen molar-refractivity contribution in [3.63, 3.8) is 0 Å². The van der Waals surface area contributed by atoms with Gasteiger partial charge >= 0.3 is 6.18 Å². The van der Waals surface area contributed by atoms with Crippen LogP contribution in [0.25, 0.3) is 21.2 Å². The summed E-state index contributed by atoms with van der Waals surface area (Å²) >= 11 is 2.43. The Morgan fingerprint density at radius 2 is 1.74 bits per heavy atom. The predicted molar refractivity (Wildman–Crippen MR) is 129 cm³/mol. The fourth-order valence-corrected chi connectivity index (χ4v) is 6.28. The average Bonchev–Trinajstić information content (AvgIpc) is 3.33. The highest BCUT2D eigenvalue weighted by molar-refractivity contribution is 7.22. The Balaban J connectivity index is 1.52. The zero-order valence-electron chi connectivity index (χ0n) is 18.2. The van der Waals surface area contributed by atoms with Gasteiger partial charge in [0.25, 0.3) is 5.91 Å². The van der Waals surface area contributed by atoms with E-state index >= 15 is 0 Å². The van der Waals surface area contributed by atoms with Crippen molar-refractivity contribution in [2.45, 2.75) is 32.9 Å². The molecule has 0 aliphatic heterocycles. The largest absolute Gasteiger partial charge is 0.416 e. The summed E-state index contributed by atoms with van der Waals surface area (Å²) in [5.74, 6) is -0.384. The van der Waals surface area contributed by atoms with E-state index in [-0.39, 0.29) is 11.2 Å². The standard InChI is InChI=1S/C25H19F3N2O2S2/c1-24(2)11-16-20(17(31)12-24)34-23(29-16)30-22(32)21-19(15-5-3-4-6-18(15)33-21)13-7-9-14(10-8-13)25(26,27)28/h3-10H,11-12H2,1-2H3,(H,29,30,32). The summed E-state index contributed by atoms with van der Waals surface area (Å²) in [6.07, 6.45) is -3.35. The minimum absolute atomic E-state index is 0.0246. The van der Waals surface area contributed by atoms with Crippen LogP contribution in [0.2, 0.25) is 0 Å². The summed E-state index contributed by atoms with van der Waals surface area (Å²) in [6, 6.07) is 12.2. The Labute approximate surface area is 201 Å². The van der Waals surface area contributed by atoms with Crippen LogP contribution in [0, 0.1) is 5.41 Å². The summed E-state index contributed by atoms with van der Waals surface area (Å²) in [6.45, 7) is 4.03. The average molecular weight is 501 g/mol. The van der Waals surface area contributed by atoms with Crippen molar-refractivity contribution < 1.29 is 22.8 Å². The molecule has 9 heteroatoms. The molecule has 1 N–H and O–H groups in total. The molecule has 0 atom stereocenters. The smallest absolute Gasteiger partial charge is 0.297 e. The van der Waals surface area contributed by atoms with E-state index in [1.807, 2.05) is 38.1 Å². The molecule has 2 heterocycles. The number of anilines is 1. The van der Waals surface area contributed by atoms with Crippen LogP contribution in [-0.4, -0.2) is 16.7 Å². The van der Waals surface area contributed by atoms with Gasteiger partial charge in [-0.15, -0.1) is 11.3 Å². The minimum atomic E-state index is -4.44. The van der Waals surface area contributed by atoms with E-state index in [0.29, 0.717) is 44.5 Å². The van der Waals surface area contributed by atoms with Gasteiger partial charge in [-0.05, 0) is 35.6 Å². The van der Waals surface area contributed by atoms with E-state index in [1.165, 1.54) is 34.8 Å². The molecule has 4 aromatic rings. The van der Waals surface area contributed by atoms with Gasteiger partial charge in [-0.1, -0.05) is 55.5 Å². The number of fused-ring (bicyclic) bond motifs is 2. The van der Waals surface area contributed by atoms with Gasteiger partial charge in [0.2, 0.25) is 0 Å². The van der Waals surface area contributed by atoms with Gasteiger partial charge < -0.3 is 0 Å². The second kappa shape index (κ2) is 8.02. The number of Topliss-reactive ketones (excluding diaryl/α,β-unsaturated/α-hetero) is 1. The third kappa shape index (κ3) is 4.14. The number of ketones is 1. The maximum absolute atomic E-state index is 13.3. The monoisotopic (exact) mass is 500 g/mol. The highest BCUT2D eigenvalue weighted by Crippen LogP contribution is 2.42. The van der Waals surface area contributed by atoms with Crippen molar-refractivity contribution in [1.29, 1.82) is 0 Å². The van der Waals surface area contributed by atoms with Crippen molar-refractivity contribution in [2.24, 2.45) is 5.41 Å². The minimum Gasteiger partial charge on any atom is -0.297 e. The Morgan fingerprint density at radius 1 is 1.03 bits per heavy atom. The van der Waals surface area contributed by atoms with E-state index in [0.717, 1.165) is 22.2 Å². The van der Waals surface area contributed by atoms with Gasteiger partial charge in [-0.3, -0.25) is 14.9 Å². The van der Waals surface area contributed by atoms with Gasteiger partial charge in [-0.25, -0.2) is 4.98 Å². The number of amides is 1. The van der Waals surface area contributed by atoms with Crippen molar-refractivity contribution in [3.05, 3.63) is 69.5 Å². The highest BCUT2D eigenvalue weighted by atomic mass is 32.1. The molecule has 5 rings (SSSR count). The van der Waals surface area contributed by atoms with Crippen molar-refractivity contribution in [3.8, 4) is 11.1 Å². The van der Waals surface area contributed by atoms with Crippen LogP contribution in [-0.2, 0) is 12.6 Å². The maximum atomic E-state index is 13.3. The first kappa shape index (κ1) is 22.7. The molecule has 0 radical (unpaired) electrons. The number of carbonyl (C=O) groups is 2. The normalized spacial score (nSPS) is 15.4. The molecule has 2 aromatic carbocycles. The second-order valence-electron chi connectivity index (χ2n) is 9.07. The summed E-state index contributed by atoms with van der Waals surface area (Å²) in [7, 11) is 0. The predicted octanol–water partition coefficient (Wildman–Crippen LogP) is 7.45. The number of hydrogen-bond acceptors (Lipinski definition) is 5. The molecule has 0 saturated carbocycles. The van der Waals surface area contributed by atoms with Crippen LogP contribution in [0.15, 0.2) is 48.5 Å². The first-order valence-electron chi connectivity index (χ1n) is 10.6. The number of hydrogen-bond donors (Lipinski definition) is 1. The molecule has 2 aromatic heterocycles. The Kier molecular flexibility index (Phi) is 5.37. The van der Waals surface area contributed by atoms with Crippen molar-refractivity contribution in [1.82, 2.24) is 4.98 Å². The molecule has 0 fully saturated rings. The van der Waals surface area contributed by atoms with Gasteiger partial charge in [0.1, 0.15) is 4.88 Å². The number of benzene rings is 2. The van der Waals surface area contributed by atoms with Crippen molar-refractivity contribution >= 4 is 49.6 Å². The van der Waals surface area contributed by atoms with Crippen LogP contribution < -0.4 is 5.32 Å². The number of halogens is 3. The van der Waals surface area contributed by atoms with Gasteiger partial charge in [0, 0.05) is 22.1 Å². The van der Waals surface area contributed by atoms with Crippen LogP contribution in [0.4, 0.5) is 18.3 Å². The number of rotatable bonds is 3. The third-order valence-corrected chi connectivity index (χ3v) is 7.98. The number of thiazole rings is 1. The summed E-state index contributed by atoms with van der Waals surface area (Å²) < 4.78 is 40.0. The molecule has 0 saturated heterocycles. The molecule has 0 unspecified atom stereocenters. The molecular weight excluding hydrogens is 481 g/mol. The Hall–Kier alpha value is -3.04. The van der Waals surface area contributed by atoms with Crippen LogP contribution in [0.3, 0.4) is 0 Å². The summed E-state index contributed by atoms with van der Waals surface area (Å²) in [5, 5.41) is 3.95. The zero-order valence-corrected chi connectivity index (χ0v) is 19.9. The SMILES string of the molecule is CC1(C)CC(=O)c2sc(NC(=O)c3sc4ccccc4c3-c3ccc(C(F)(F)F)cc3)nc2C1. The molecule has 4 nitrogen and oxygen atoms in total. The molecule has 0 spiro atoms. The number of nitrogens with zero attached hydrogens (tertiary/aromatic N) is 1. The lowest BCUT2D eigenvalue weighted by atomic mass is 9.78. The van der Waals surface area contributed by atoms with Gasteiger partial charge in [0.15, 0.2) is 10.9 Å². The topological polar surface area (TPSA) is 59.1 Å². The van der Waals surface area contributed by atoms with Crippen LogP contribution in [0.1, 0.15) is 50.9 Å². The van der Waals surface area contributed by atoms with Gasteiger partial charge in [0.05, 0.1) is 16.1 Å². The Morgan fingerprint density at radius 3 is 2.44 bits per heavy atom. The van der Waals surface area contributed by atoms with E-state index in [4.69, 9.17) is 0 Å². The lowest BCUT2D eigenvalue weighted by Gasteiger charge is -2.26. The maximum Gasteiger partial charge on any atom is 0.416 e. The second-order valence-corrected chi connectivity index (χ2v) is 11.1. The summed E-state index contributed by atoms with van der Waals surface area (Å²) in [5.41, 5.74) is 0.862. The van der Waals surface area contributed by atoms with E-state index in [2.05, 4.69) is 10.3 Å². The molecule has 34 heavy (non-hydrogen) atoms. The molecular formula is C25H19F3N2O2S2. The zero-order chi connectivity index (χ0) is 24.3. The number of alkyl halides is 3. The van der Waals surface area contributed by atoms with Crippen LogP contribution >= 0.6 is 22.7 Å². The third-order valence-electron chi connectivity index (χ3n) is 5.76. The molecule has 1 amide bonds. The summed E-state index contributed by atoms with van der Waals surface area (Å²) in [4.78, 5) is 31.3. The first-order chi connectivity index (χ1) is 16.0. The number of aromatic nitrogens is 1. The molecule has 1 aliphatic rings. The number of nitrogens with one attached hydrogen (secondary N) is 1. The molecule has 174 valence electrons. The fraction of sp³-hybridized carbons (Fsp3) is 0.240. The first-order valence-corrected chi connectivity index (χ1v) is 12.2.